The summed E-state index contributed by atoms with van der Waals surface area (Å²) in [7, 11) is 0. The third kappa shape index (κ3) is 1.79. The van der Waals surface area contributed by atoms with Crippen molar-refractivity contribution in [1.29, 1.82) is 0 Å². The van der Waals surface area contributed by atoms with Gasteiger partial charge in [0.05, 0.1) is 0 Å². The molecule has 1 unspecified atom stereocenters. The average Bonchev–Trinajstić information content (AvgIpc) is 1.64. The predicted molar refractivity (Wildman–Crippen MR) is 40.5 cm³/mol. The largest absolute Gasteiger partial charge is 0.123 e. The standard InChI is InChI=1S/C6H8BrCl/c7-5-2-1-3-6(8)4-5/h2,6H,1,3-4H2. The van der Waals surface area contributed by atoms with E-state index < -0.39 is 0 Å². The highest BCUT2D eigenvalue weighted by molar-refractivity contribution is 9.11. The van der Waals surface area contributed by atoms with Crippen molar-refractivity contribution < 1.29 is 0 Å². The molecule has 1 aliphatic carbocycles. The molecule has 1 atom stereocenters. The molecule has 0 fully saturated rings. The first-order chi connectivity index (χ1) is 3.79. The van der Waals surface area contributed by atoms with Crippen LogP contribution in [0.3, 0.4) is 0 Å². The first kappa shape index (κ1) is 6.63. The fraction of sp³-hybridized carbons (Fsp3) is 0.667. The molecular formula is C6H8BrCl. The van der Waals surface area contributed by atoms with E-state index in [9.17, 15) is 0 Å². The maximum absolute atomic E-state index is 5.84. The van der Waals surface area contributed by atoms with Crippen LogP contribution < -0.4 is 0 Å². The number of hydrogen-bond acceptors (Lipinski definition) is 0. The zero-order valence-corrected chi connectivity index (χ0v) is 6.87. The van der Waals surface area contributed by atoms with E-state index in [0.29, 0.717) is 5.38 Å². The van der Waals surface area contributed by atoms with E-state index in [-0.39, 0.29) is 0 Å². The number of allylic oxidation sites excluding steroid dienone is 2. The molecule has 0 radical (unpaired) electrons. The molecule has 0 bridgehead atoms. The van der Waals surface area contributed by atoms with Gasteiger partial charge in [-0.1, -0.05) is 22.0 Å². The topological polar surface area (TPSA) is 0 Å². The summed E-state index contributed by atoms with van der Waals surface area (Å²) >= 11 is 9.25. The average molecular weight is 195 g/mol. The van der Waals surface area contributed by atoms with Crippen molar-refractivity contribution in [3.63, 3.8) is 0 Å². The lowest BCUT2D eigenvalue weighted by Crippen LogP contribution is -2.01. The molecule has 1 rings (SSSR count). The molecule has 8 heavy (non-hydrogen) atoms. The highest BCUT2D eigenvalue weighted by atomic mass is 79.9. The Morgan fingerprint density at radius 1 is 1.75 bits per heavy atom. The fourth-order valence-corrected chi connectivity index (χ4v) is 1.92. The normalized spacial score (nSPS) is 29.8. The van der Waals surface area contributed by atoms with Crippen LogP contribution in [0.1, 0.15) is 19.3 Å². The van der Waals surface area contributed by atoms with Gasteiger partial charge < -0.3 is 0 Å². The highest BCUT2D eigenvalue weighted by Crippen LogP contribution is 2.25. The molecule has 46 valence electrons. The molecule has 0 amide bonds. The van der Waals surface area contributed by atoms with Crippen LogP contribution in [0.4, 0.5) is 0 Å². The molecular weight excluding hydrogens is 187 g/mol. The Hall–Kier alpha value is 0.510. The van der Waals surface area contributed by atoms with E-state index in [4.69, 9.17) is 11.6 Å². The zero-order chi connectivity index (χ0) is 5.98. The van der Waals surface area contributed by atoms with Gasteiger partial charge in [0.2, 0.25) is 0 Å². The molecule has 0 aromatic heterocycles. The smallest absolute Gasteiger partial charge is 0.0384 e. The quantitative estimate of drug-likeness (QED) is 0.521. The molecule has 0 saturated heterocycles. The minimum atomic E-state index is 0.370. The van der Waals surface area contributed by atoms with E-state index in [0.717, 1.165) is 19.3 Å². The van der Waals surface area contributed by atoms with E-state index in [1.807, 2.05) is 0 Å². The van der Waals surface area contributed by atoms with Gasteiger partial charge in [-0.3, -0.25) is 0 Å². The van der Waals surface area contributed by atoms with Gasteiger partial charge in [-0.2, -0.15) is 0 Å². The van der Waals surface area contributed by atoms with Gasteiger partial charge in [0.1, 0.15) is 0 Å². The Morgan fingerprint density at radius 2 is 2.50 bits per heavy atom. The van der Waals surface area contributed by atoms with E-state index in [2.05, 4.69) is 22.0 Å². The van der Waals surface area contributed by atoms with Gasteiger partial charge in [-0.15, -0.1) is 11.6 Å². The Bertz CT molecular complexity index is 109. The first-order valence-electron chi connectivity index (χ1n) is 2.77. The van der Waals surface area contributed by atoms with Crippen LogP contribution in [0.5, 0.6) is 0 Å². The first-order valence-corrected chi connectivity index (χ1v) is 4.00. The van der Waals surface area contributed by atoms with Crippen molar-refractivity contribution in [2.45, 2.75) is 24.6 Å². The second-order valence-corrected chi connectivity index (χ2v) is 3.67. The maximum Gasteiger partial charge on any atom is 0.0384 e. The second-order valence-electron chi connectivity index (χ2n) is 2.03. The second kappa shape index (κ2) is 2.88. The predicted octanol–water partition coefficient (Wildman–Crippen LogP) is 3.06. The molecule has 2 heteroatoms. The van der Waals surface area contributed by atoms with E-state index in [1.165, 1.54) is 4.48 Å². The van der Waals surface area contributed by atoms with E-state index in [1.54, 1.807) is 0 Å². The van der Waals surface area contributed by atoms with Gasteiger partial charge >= 0.3 is 0 Å². The molecule has 0 N–H and O–H groups in total. The minimum Gasteiger partial charge on any atom is -0.123 e. The van der Waals surface area contributed by atoms with Crippen LogP contribution in [-0.4, -0.2) is 5.38 Å². The summed E-state index contributed by atoms with van der Waals surface area (Å²) < 4.78 is 1.27. The summed E-state index contributed by atoms with van der Waals surface area (Å²) in [5.74, 6) is 0. The summed E-state index contributed by atoms with van der Waals surface area (Å²) in [6, 6.07) is 0. The van der Waals surface area contributed by atoms with Crippen molar-refractivity contribution in [2.24, 2.45) is 0 Å². The van der Waals surface area contributed by atoms with Gasteiger partial charge in [0, 0.05) is 5.38 Å². The molecule has 0 aromatic rings. The van der Waals surface area contributed by atoms with Crippen molar-refractivity contribution in [2.75, 3.05) is 0 Å². The van der Waals surface area contributed by atoms with Crippen molar-refractivity contribution in [3.05, 3.63) is 10.6 Å². The van der Waals surface area contributed by atoms with E-state index >= 15 is 0 Å². The van der Waals surface area contributed by atoms with Crippen LogP contribution in [0, 0.1) is 0 Å². The third-order valence-corrected chi connectivity index (χ3v) is 2.28. The molecule has 0 aromatic carbocycles. The number of halogens is 2. The molecule has 1 aliphatic rings. The Kier molecular flexibility index (Phi) is 2.39. The lowest BCUT2D eigenvalue weighted by molar-refractivity contribution is 0.734. The monoisotopic (exact) mass is 194 g/mol. The lowest BCUT2D eigenvalue weighted by Gasteiger charge is -2.11. The fourth-order valence-electron chi connectivity index (χ4n) is 0.818. The Morgan fingerprint density at radius 3 is 2.88 bits per heavy atom. The van der Waals surface area contributed by atoms with Gasteiger partial charge in [-0.05, 0) is 23.7 Å². The number of rotatable bonds is 0. The minimum absolute atomic E-state index is 0.370. The van der Waals surface area contributed by atoms with Crippen LogP contribution >= 0.6 is 27.5 Å². The number of alkyl halides is 1. The van der Waals surface area contributed by atoms with Crippen molar-refractivity contribution in [3.8, 4) is 0 Å². The molecule has 0 heterocycles. The van der Waals surface area contributed by atoms with Crippen LogP contribution in [0.2, 0.25) is 0 Å². The van der Waals surface area contributed by atoms with Crippen LogP contribution in [0.25, 0.3) is 0 Å². The third-order valence-electron chi connectivity index (χ3n) is 1.26. The lowest BCUT2D eigenvalue weighted by atomic mass is 10.1. The zero-order valence-electron chi connectivity index (χ0n) is 4.53. The van der Waals surface area contributed by atoms with Gasteiger partial charge in [0.15, 0.2) is 0 Å². The summed E-state index contributed by atoms with van der Waals surface area (Å²) in [5.41, 5.74) is 0. The number of hydrogen-bond donors (Lipinski definition) is 0. The summed E-state index contributed by atoms with van der Waals surface area (Å²) in [5, 5.41) is 0.370. The molecule has 0 saturated carbocycles. The summed E-state index contributed by atoms with van der Waals surface area (Å²) in [6.07, 6.45) is 5.48. The van der Waals surface area contributed by atoms with Crippen LogP contribution in [-0.2, 0) is 0 Å². The van der Waals surface area contributed by atoms with Gasteiger partial charge in [0.25, 0.3) is 0 Å². The Labute approximate surface area is 63.0 Å². The summed E-state index contributed by atoms with van der Waals surface area (Å²) in [4.78, 5) is 0. The highest BCUT2D eigenvalue weighted by Gasteiger charge is 2.09. The van der Waals surface area contributed by atoms with Crippen LogP contribution in [0.15, 0.2) is 10.6 Å². The maximum atomic E-state index is 5.84. The van der Waals surface area contributed by atoms with Gasteiger partial charge in [-0.25, -0.2) is 0 Å². The molecule has 0 nitrogen and oxygen atoms in total. The van der Waals surface area contributed by atoms with Crippen molar-refractivity contribution in [1.82, 2.24) is 0 Å². The molecule has 0 aliphatic heterocycles. The van der Waals surface area contributed by atoms with Crippen molar-refractivity contribution >= 4 is 27.5 Å². The molecule has 0 spiro atoms. The Balaban J connectivity index is 2.45. The summed E-state index contributed by atoms with van der Waals surface area (Å²) in [6.45, 7) is 0. The SMILES string of the molecule is ClC1CCC=C(Br)C1.